The quantitative estimate of drug-likeness (QED) is 0.438. The molecule has 0 aliphatic rings. The van der Waals surface area contributed by atoms with Crippen LogP contribution in [0.25, 0.3) is 17.3 Å². The van der Waals surface area contributed by atoms with Crippen molar-refractivity contribution in [2.75, 3.05) is 12.4 Å². The van der Waals surface area contributed by atoms with E-state index in [0.29, 0.717) is 28.2 Å². The number of thioether (sulfide) groups is 1. The minimum atomic E-state index is -0.425. The average molecular weight is 420 g/mol. The number of hydrogen-bond donors (Lipinski definition) is 1. The van der Waals surface area contributed by atoms with Crippen molar-refractivity contribution in [1.82, 2.24) is 14.8 Å². The molecule has 4 aromatic rings. The zero-order valence-electron chi connectivity index (χ0n) is 16.5. The first-order valence-electron chi connectivity index (χ1n) is 9.32. The van der Waals surface area contributed by atoms with Gasteiger partial charge in [0, 0.05) is 5.69 Å². The van der Waals surface area contributed by atoms with Crippen LogP contribution in [0.15, 0.2) is 82.6 Å². The molecule has 1 amide bonds. The first-order chi connectivity index (χ1) is 14.7. The van der Waals surface area contributed by atoms with Crippen molar-refractivity contribution in [3.05, 3.63) is 73.0 Å². The van der Waals surface area contributed by atoms with E-state index < -0.39 is 5.25 Å². The number of para-hydroxylation sites is 3. The fourth-order valence-electron chi connectivity index (χ4n) is 2.92. The predicted molar refractivity (Wildman–Crippen MR) is 116 cm³/mol. The standard InChI is InChI=1S/C22H20N4O3S/c1-15(21(27)23-17-11-6-7-12-18(17)28-2)30-22-25-24-20(19-13-8-14-29-19)26(22)16-9-4-3-5-10-16/h3-15H,1-2H3,(H,23,27). The summed E-state index contributed by atoms with van der Waals surface area (Å²) < 4.78 is 12.7. The highest BCUT2D eigenvalue weighted by atomic mass is 32.2. The number of amides is 1. The van der Waals surface area contributed by atoms with E-state index in [4.69, 9.17) is 9.15 Å². The lowest BCUT2D eigenvalue weighted by molar-refractivity contribution is -0.115. The zero-order valence-corrected chi connectivity index (χ0v) is 17.3. The van der Waals surface area contributed by atoms with E-state index in [-0.39, 0.29) is 5.91 Å². The second-order valence-corrected chi connectivity index (χ2v) is 7.71. The van der Waals surface area contributed by atoms with Gasteiger partial charge in [-0.2, -0.15) is 0 Å². The Morgan fingerprint density at radius 2 is 1.83 bits per heavy atom. The number of carbonyl (C=O) groups is 1. The van der Waals surface area contributed by atoms with Crippen LogP contribution in [0.4, 0.5) is 5.69 Å². The number of ether oxygens (including phenoxy) is 1. The molecule has 0 aliphatic heterocycles. The predicted octanol–water partition coefficient (Wildman–Crippen LogP) is 4.66. The zero-order chi connectivity index (χ0) is 20.9. The van der Waals surface area contributed by atoms with E-state index in [1.165, 1.54) is 11.8 Å². The second-order valence-electron chi connectivity index (χ2n) is 6.40. The fourth-order valence-corrected chi connectivity index (χ4v) is 3.78. The van der Waals surface area contributed by atoms with Gasteiger partial charge in [-0.1, -0.05) is 42.1 Å². The molecule has 0 saturated heterocycles. The molecule has 0 saturated carbocycles. The van der Waals surface area contributed by atoms with E-state index in [1.54, 1.807) is 31.6 Å². The molecule has 0 radical (unpaired) electrons. The van der Waals surface area contributed by atoms with Crippen LogP contribution in [0.3, 0.4) is 0 Å². The number of nitrogens with zero attached hydrogens (tertiary/aromatic N) is 3. The Kier molecular flexibility index (Phi) is 5.85. The minimum Gasteiger partial charge on any atom is -0.495 e. The van der Waals surface area contributed by atoms with Gasteiger partial charge >= 0.3 is 0 Å². The summed E-state index contributed by atoms with van der Waals surface area (Å²) in [5.74, 6) is 1.62. The lowest BCUT2D eigenvalue weighted by atomic mass is 10.3. The highest BCUT2D eigenvalue weighted by molar-refractivity contribution is 8.00. The van der Waals surface area contributed by atoms with Crippen LogP contribution < -0.4 is 10.1 Å². The molecule has 7 nitrogen and oxygen atoms in total. The average Bonchev–Trinajstić information content (AvgIpc) is 3.44. The molecule has 2 heterocycles. The number of methoxy groups -OCH3 is 1. The van der Waals surface area contributed by atoms with Crippen LogP contribution in [-0.4, -0.2) is 33.0 Å². The summed E-state index contributed by atoms with van der Waals surface area (Å²) in [5.41, 5.74) is 1.51. The number of benzene rings is 2. The van der Waals surface area contributed by atoms with Crippen molar-refractivity contribution in [2.45, 2.75) is 17.3 Å². The van der Waals surface area contributed by atoms with Gasteiger partial charge in [0.1, 0.15) is 5.75 Å². The molecule has 0 fully saturated rings. The van der Waals surface area contributed by atoms with Gasteiger partial charge in [-0.25, -0.2) is 0 Å². The Labute approximate surface area is 178 Å². The maximum absolute atomic E-state index is 12.8. The van der Waals surface area contributed by atoms with Crippen molar-refractivity contribution in [3.8, 4) is 23.0 Å². The van der Waals surface area contributed by atoms with Crippen molar-refractivity contribution >= 4 is 23.4 Å². The van der Waals surface area contributed by atoms with E-state index in [0.717, 1.165) is 5.69 Å². The number of anilines is 1. The Bertz CT molecular complexity index is 1130. The molecule has 0 spiro atoms. The molecule has 1 atom stereocenters. The van der Waals surface area contributed by atoms with E-state index >= 15 is 0 Å². The third-order valence-electron chi connectivity index (χ3n) is 4.41. The number of rotatable bonds is 7. The molecule has 152 valence electrons. The van der Waals surface area contributed by atoms with E-state index in [2.05, 4.69) is 15.5 Å². The number of hydrogen-bond acceptors (Lipinski definition) is 6. The third kappa shape index (κ3) is 4.08. The Balaban J connectivity index is 1.60. The molecule has 2 aromatic heterocycles. The lowest BCUT2D eigenvalue weighted by Gasteiger charge is -2.15. The molecule has 1 N–H and O–H groups in total. The van der Waals surface area contributed by atoms with Crippen LogP contribution in [0.1, 0.15) is 6.92 Å². The van der Waals surface area contributed by atoms with Crippen LogP contribution in [0.2, 0.25) is 0 Å². The summed E-state index contributed by atoms with van der Waals surface area (Å²) in [4.78, 5) is 12.8. The summed E-state index contributed by atoms with van der Waals surface area (Å²) in [6.07, 6.45) is 1.59. The first kappa shape index (κ1) is 19.8. The van der Waals surface area contributed by atoms with Crippen LogP contribution in [-0.2, 0) is 4.79 Å². The monoisotopic (exact) mass is 420 g/mol. The summed E-state index contributed by atoms with van der Waals surface area (Å²) in [5, 5.41) is 11.7. The largest absolute Gasteiger partial charge is 0.495 e. The summed E-state index contributed by atoms with van der Waals surface area (Å²) in [6.45, 7) is 1.83. The number of nitrogens with one attached hydrogen (secondary N) is 1. The van der Waals surface area contributed by atoms with E-state index in [9.17, 15) is 4.79 Å². The third-order valence-corrected chi connectivity index (χ3v) is 5.45. The number of furan rings is 1. The van der Waals surface area contributed by atoms with Gasteiger partial charge in [0.2, 0.25) is 11.7 Å². The van der Waals surface area contributed by atoms with Crippen molar-refractivity contribution in [3.63, 3.8) is 0 Å². The summed E-state index contributed by atoms with van der Waals surface area (Å²) in [6, 6.07) is 20.7. The lowest BCUT2D eigenvalue weighted by Crippen LogP contribution is -2.23. The van der Waals surface area contributed by atoms with Crippen LogP contribution >= 0.6 is 11.8 Å². The number of carbonyl (C=O) groups excluding carboxylic acids is 1. The van der Waals surface area contributed by atoms with Gasteiger partial charge in [0.15, 0.2) is 10.9 Å². The Morgan fingerprint density at radius 1 is 1.07 bits per heavy atom. The van der Waals surface area contributed by atoms with Gasteiger partial charge in [0.25, 0.3) is 0 Å². The smallest absolute Gasteiger partial charge is 0.237 e. The van der Waals surface area contributed by atoms with Crippen molar-refractivity contribution in [2.24, 2.45) is 0 Å². The van der Waals surface area contributed by atoms with E-state index in [1.807, 2.05) is 60.0 Å². The maximum Gasteiger partial charge on any atom is 0.237 e. The minimum absolute atomic E-state index is 0.160. The molecule has 4 rings (SSSR count). The highest BCUT2D eigenvalue weighted by Crippen LogP contribution is 2.31. The normalized spacial score (nSPS) is 11.8. The van der Waals surface area contributed by atoms with Gasteiger partial charge in [-0.05, 0) is 43.3 Å². The van der Waals surface area contributed by atoms with Gasteiger partial charge in [0.05, 0.1) is 24.3 Å². The topological polar surface area (TPSA) is 82.2 Å². The number of aromatic nitrogens is 3. The molecular weight excluding hydrogens is 400 g/mol. The van der Waals surface area contributed by atoms with Gasteiger partial charge in [-0.3, -0.25) is 9.36 Å². The molecule has 0 bridgehead atoms. The van der Waals surface area contributed by atoms with Gasteiger partial charge in [-0.15, -0.1) is 10.2 Å². The Morgan fingerprint density at radius 3 is 2.57 bits per heavy atom. The molecular formula is C22H20N4O3S. The fraction of sp³-hybridized carbons (Fsp3) is 0.136. The van der Waals surface area contributed by atoms with Crippen LogP contribution in [0.5, 0.6) is 5.75 Å². The molecule has 1 unspecified atom stereocenters. The first-order valence-corrected chi connectivity index (χ1v) is 10.2. The SMILES string of the molecule is COc1ccccc1NC(=O)C(C)Sc1nnc(-c2ccco2)n1-c1ccccc1. The summed E-state index contributed by atoms with van der Waals surface area (Å²) >= 11 is 1.32. The van der Waals surface area contributed by atoms with Crippen molar-refractivity contribution < 1.29 is 13.9 Å². The maximum atomic E-state index is 12.8. The van der Waals surface area contributed by atoms with Crippen molar-refractivity contribution in [1.29, 1.82) is 0 Å². The summed E-state index contributed by atoms with van der Waals surface area (Å²) in [7, 11) is 1.57. The highest BCUT2D eigenvalue weighted by Gasteiger charge is 2.23. The molecule has 2 aromatic carbocycles. The molecule has 8 heteroatoms. The molecule has 0 aliphatic carbocycles. The van der Waals surface area contributed by atoms with Gasteiger partial charge < -0.3 is 14.5 Å². The Hall–Kier alpha value is -3.52. The second kappa shape index (κ2) is 8.87. The molecule has 30 heavy (non-hydrogen) atoms. The van der Waals surface area contributed by atoms with Crippen LogP contribution in [0, 0.1) is 0 Å².